The van der Waals surface area contributed by atoms with Gasteiger partial charge in [-0.25, -0.2) is 4.98 Å². The van der Waals surface area contributed by atoms with Crippen LogP contribution in [0.4, 0.5) is 10.3 Å². The molecule has 1 atom stereocenters. The summed E-state index contributed by atoms with van der Waals surface area (Å²) in [5.74, 6) is -0.156. The molecule has 0 spiro atoms. The third-order valence-electron chi connectivity index (χ3n) is 3.49. The van der Waals surface area contributed by atoms with Crippen molar-refractivity contribution in [1.82, 2.24) is 14.9 Å². The highest BCUT2D eigenvalue weighted by molar-refractivity contribution is 5.28. The predicted octanol–water partition coefficient (Wildman–Crippen LogP) is 1.91. The van der Waals surface area contributed by atoms with E-state index >= 15 is 0 Å². The molecule has 0 unspecified atom stereocenters. The molecule has 1 aliphatic rings. The molecule has 0 saturated carbocycles. The lowest BCUT2D eigenvalue weighted by molar-refractivity contribution is 0.211. The van der Waals surface area contributed by atoms with Crippen molar-refractivity contribution in [3.8, 4) is 5.88 Å². The molecule has 5 nitrogen and oxygen atoms in total. The summed E-state index contributed by atoms with van der Waals surface area (Å²) in [5.41, 5.74) is 0. The van der Waals surface area contributed by atoms with E-state index < -0.39 is 5.82 Å². The lowest BCUT2D eigenvalue weighted by Gasteiger charge is -2.28. The van der Waals surface area contributed by atoms with Gasteiger partial charge in [0.05, 0.1) is 13.3 Å². The molecule has 1 aromatic rings. The minimum absolute atomic E-state index is 0.0235. The summed E-state index contributed by atoms with van der Waals surface area (Å²) in [6.07, 6.45) is 3.52. The number of nitrogens with one attached hydrogen (secondary N) is 1. The molecule has 6 heteroatoms. The van der Waals surface area contributed by atoms with Crippen LogP contribution in [0.3, 0.4) is 0 Å². The van der Waals surface area contributed by atoms with E-state index in [4.69, 9.17) is 4.74 Å². The second kappa shape index (κ2) is 6.14. The molecule has 0 radical (unpaired) electrons. The SMILES string of the molecule is COc1nc(NC[C@H]2CCCN2C(C)C)ncc1F. The zero-order chi connectivity index (χ0) is 13.8. The molecule has 0 aliphatic carbocycles. The first kappa shape index (κ1) is 14.0. The number of hydrogen-bond donors (Lipinski definition) is 1. The smallest absolute Gasteiger partial charge is 0.255 e. The molecule has 106 valence electrons. The number of nitrogens with zero attached hydrogens (tertiary/aromatic N) is 3. The van der Waals surface area contributed by atoms with Gasteiger partial charge in [-0.15, -0.1) is 0 Å². The van der Waals surface area contributed by atoms with Crippen LogP contribution in [0.2, 0.25) is 0 Å². The van der Waals surface area contributed by atoms with Crippen LogP contribution in [0.25, 0.3) is 0 Å². The molecule has 2 rings (SSSR count). The third-order valence-corrected chi connectivity index (χ3v) is 3.49. The summed E-state index contributed by atoms with van der Waals surface area (Å²) in [4.78, 5) is 10.4. The molecule has 1 aromatic heterocycles. The van der Waals surface area contributed by atoms with Crippen molar-refractivity contribution in [2.45, 2.75) is 38.8 Å². The lowest BCUT2D eigenvalue weighted by atomic mass is 10.2. The van der Waals surface area contributed by atoms with E-state index in [0.717, 1.165) is 19.3 Å². The van der Waals surface area contributed by atoms with E-state index in [1.807, 2.05) is 0 Å². The summed E-state index contributed by atoms with van der Waals surface area (Å²) in [6, 6.07) is 1.03. The van der Waals surface area contributed by atoms with Crippen LogP contribution in [-0.4, -0.2) is 47.2 Å². The van der Waals surface area contributed by atoms with Gasteiger partial charge < -0.3 is 10.1 Å². The van der Waals surface area contributed by atoms with Crippen LogP contribution in [0.15, 0.2) is 6.20 Å². The summed E-state index contributed by atoms with van der Waals surface area (Å²) in [6.45, 7) is 6.32. The Kier molecular flexibility index (Phi) is 4.52. The Balaban J connectivity index is 1.95. The van der Waals surface area contributed by atoms with Crippen LogP contribution in [0.1, 0.15) is 26.7 Å². The molecule has 1 saturated heterocycles. The predicted molar refractivity (Wildman–Crippen MR) is 71.9 cm³/mol. The Hall–Kier alpha value is -1.43. The van der Waals surface area contributed by atoms with E-state index in [1.54, 1.807) is 0 Å². The highest BCUT2D eigenvalue weighted by Crippen LogP contribution is 2.20. The molecular formula is C13H21FN4O. The molecular weight excluding hydrogens is 247 g/mol. The molecule has 19 heavy (non-hydrogen) atoms. The topological polar surface area (TPSA) is 50.3 Å². The van der Waals surface area contributed by atoms with Gasteiger partial charge in [-0.05, 0) is 33.2 Å². The molecule has 0 amide bonds. The number of ether oxygens (including phenoxy) is 1. The minimum atomic E-state index is -0.544. The van der Waals surface area contributed by atoms with Crippen LogP contribution >= 0.6 is 0 Å². The van der Waals surface area contributed by atoms with Gasteiger partial charge in [0.1, 0.15) is 0 Å². The molecule has 0 aromatic carbocycles. The zero-order valence-corrected chi connectivity index (χ0v) is 11.7. The average molecular weight is 268 g/mol. The highest BCUT2D eigenvalue weighted by Gasteiger charge is 2.26. The highest BCUT2D eigenvalue weighted by atomic mass is 19.1. The fraction of sp³-hybridized carbons (Fsp3) is 0.692. The second-order valence-corrected chi connectivity index (χ2v) is 5.06. The van der Waals surface area contributed by atoms with E-state index in [-0.39, 0.29) is 5.88 Å². The number of halogens is 1. The number of aromatic nitrogens is 2. The average Bonchev–Trinajstić information content (AvgIpc) is 2.86. The fourth-order valence-electron chi connectivity index (χ4n) is 2.55. The van der Waals surface area contributed by atoms with Crippen molar-refractivity contribution in [3.63, 3.8) is 0 Å². The van der Waals surface area contributed by atoms with Gasteiger partial charge >= 0.3 is 0 Å². The van der Waals surface area contributed by atoms with Crippen LogP contribution in [0.5, 0.6) is 5.88 Å². The first-order valence-corrected chi connectivity index (χ1v) is 6.68. The van der Waals surface area contributed by atoms with Crippen molar-refractivity contribution >= 4 is 5.95 Å². The van der Waals surface area contributed by atoms with Crippen LogP contribution < -0.4 is 10.1 Å². The number of hydrogen-bond acceptors (Lipinski definition) is 5. The summed E-state index contributed by atoms with van der Waals surface area (Å²) < 4.78 is 18.0. The zero-order valence-electron chi connectivity index (χ0n) is 11.7. The maximum absolute atomic E-state index is 13.2. The number of likely N-dealkylation sites (tertiary alicyclic amines) is 1. The van der Waals surface area contributed by atoms with Crippen LogP contribution in [0, 0.1) is 5.82 Å². The van der Waals surface area contributed by atoms with Crippen molar-refractivity contribution in [3.05, 3.63) is 12.0 Å². The monoisotopic (exact) mass is 268 g/mol. The minimum Gasteiger partial charge on any atom is -0.479 e. The van der Waals surface area contributed by atoms with E-state index in [9.17, 15) is 4.39 Å². The van der Waals surface area contributed by atoms with Gasteiger partial charge in [0.2, 0.25) is 11.8 Å². The Morgan fingerprint density at radius 2 is 2.37 bits per heavy atom. The van der Waals surface area contributed by atoms with Gasteiger partial charge in [0, 0.05) is 18.6 Å². The summed E-state index contributed by atoms with van der Waals surface area (Å²) >= 11 is 0. The fourth-order valence-corrected chi connectivity index (χ4v) is 2.55. The molecule has 0 bridgehead atoms. The first-order valence-electron chi connectivity index (χ1n) is 6.68. The Labute approximate surface area is 113 Å². The van der Waals surface area contributed by atoms with E-state index in [0.29, 0.717) is 18.0 Å². The Morgan fingerprint density at radius 1 is 1.58 bits per heavy atom. The van der Waals surface area contributed by atoms with Gasteiger partial charge in [0.15, 0.2) is 0 Å². The quantitative estimate of drug-likeness (QED) is 0.884. The molecule has 2 heterocycles. The lowest BCUT2D eigenvalue weighted by Crippen LogP contribution is -2.39. The number of rotatable bonds is 5. The largest absolute Gasteiger partial charge is 0.479 e. The maximum Gasteiger partial charge on any atom is 0.255 e. The molecule has 1 fully saturated rings. The van der Waals surface area contributed by atoms with Crippen molar-refractivity contribution in [1.29, 1.82) is 0 Å². The maximum atomic E-state index is 13.2. The van der Waals surface area contributed by atoms with Crippen molar-refractivity contribution in [2.75, 3.05) is 25.5 Å². The van der Waals surface area contributed by atoms with E-state index in [1.165, 1.54) is 20.0 Å². The van der Waals surface area contributed by atoms with Crippen LogP contribution in [-0.2, 0) is 0 Å². The Bertz CT molecular complexity index is 427. The van der Waals surface area contributed by atoms with E-state index in [2.05, 4.69) is 34.0 Å². The standard InChI is InChI=1S/C13H21FN4O/c1-9(2)18-6-4-5-10(18)7-15-13-16-8-11(14)12(17-13)19-3/h8-10H,4-7H2,1-3H3,(H,15,16,17)/t10-/m1/s1. The number of methoxy groups -OCH3 is 1. The van der Waals surface area contributed by atoms with Gasteiger partial charge in [-0.1, -0.05) is 0 Å². The van der Waals surface area contributed by atoms with Crippen molar-refractivity contribution in [2.24, 2.45) is 0 Å². The molecule has 1 N–H and O–H groups in total. The normalized spacial score (nSPS) is 19.9. The second-order valence-electron chi connectivity index (χ2n) is 5.06. The van der Waals surface area contributed by atoms with Gasteiger partial charge in [-0.2, -0.15) is 9.37 Å². The Morgan fingerprint density at radius 3 is 3.05 bits per heavy atom. The molecule has 1 aliphatic heterocycles. The van der Waals surface area contributed by atoms with Crippen molar-refractivity contribution < 1.29 is 9.13 Å². The third kappa shape index (κ3) is 3.32. The van der Waals surface area contributed by atoms with Gasteiger partial charge in [0.25, 0.3) is 5.88 Å². The first-order chi connectivity index (χ1) is 9.11. The van der Waals surface area contributed by atoms with Gasteiger partial charge in [-0.3, -0.25) is 4.90 Å². The number of anilines is 1. The summed E-state index contributed by atoms with van der Waals surface area (Å²) in [5, 5.41) is 3.16. The summed E-state index contributed by atoms with van der Waals surface area (Å²) in [7, 11) is 1.40.